The molecular formula is C14H18N2OS. The van der Waals surface area contributed by atoms with Crippen LogP contribution in [0.2, 0.25) is 0 Å². The van der Waals surface area contributed by atoms with Gasteiger partial charge in [-0.2, -0.15) is 0 Å². The first kappa shape index (κ1) is 12.9. The van der Waals surface area contributed by atoms with Gasteiger partial charge in [0.2, 0.25) is 0 Å². The summed E-state index contributed by atoms with van der Waals surface area (Å²) in [5.41, 5.74) is 1.08. The summed E-state index contributed by atoms with van der Waals surface area (Å²) in [4.78, 5) is 5.48. The Bertz CT molecular complexity index is 496. The maximum absolute atomic E-state index is 5.60. The Morgan fingerprint density at radius 1 is 1.39 bits per heavy atom. The molecule has 0 aliphatic heterocycles. The van der Waals surface area contributed by atoms with E-state index in [0.29, 0.717) is 0 Å². The van der Waals surface area contributed by atoms with Gasteiger partial charge in [-0.1, -0.05) is 13.0 Å². The summed E-state index contributed by atoms with van der Waals surface area (Å²) >= 11 is 1.72. The van der Waals surface area contributed by atoms with Crippen molar-refractivity contribution in [1.82, 2.24) is 4.98 Å². The first-order valence-corrected chi connectivity index (χ1v) is 6.97. The standard InChI is InChI=1S/C14H18N2OS/c1-3-7-17-13-6-4-5-12(8-13)16-10-14-9-15-11(2)18-14/h4-6,8-9,16H,3,7,10H2,1-2H3. The Kier molecular flexibility index (Phi) is 4.59. The third kappa shape index (κ3) is 3.74. The highest BCUT2D eigenvalue weighted by Gasteiger charge is 1.99. The zero-order valence-corrected chi connectivity index (χ0v) is 11.6. The Morgan fingerprint density at radius 3 is 3.00 bits per heavy atom. The molecule has 1 heterocycles. The molecule has 0 spiro atoms. The summed E-state index contributed by atoms with van der Waals surface area (Å²) in [7, 11) is 0. The molecule has 1 aromatic carbocycles. The van der Waals surface area contributed by atoms with Gasteiger partial charge >= 0.3 is 0 Å². The van der Waals surface area contributed by atoms with Gasteiger partial charge in [0.15, 0.2) is 0 Å². The molecule has 0 saturated carbocycles. The van der Waals surface area contributed by atoms with Crippen molar-refractivity contribution in [3.63, 3.8) is 0 Å². The molecule has 0 unspecified atom stereocenters. The minimum Gasteiger partial charge on any atom is -0.494 e. The molecule has 3 nitrogen and oxygen atoms in total. The fourth-order valence-corrected chi connectivity index (χ4v) is 2.33. The molecule has 0 atom stereocenters. The lowest BCUT2D eigenvalue weighted by atomic mass is 10.3. The van der Waals surface area contributed by atoms with E-state index in [0.717, 1.165) is 36.0 Å². The second-order valence-electron chi connectivity index (χ2n) is 4.08. The van der Waals surface area contributed by atoms with Gasteiger partial charge in [-0.3, -0.25) is 0 Å². The largest absolute Gasteiger partial charge is 0.494 e. The summed E-state index contributed by atoms with van der Waals surface area (Å²) in [5.74, 6) is 0.919. The third-order valence-corrected chi connectivity index (χ3v) is 3.36. The summed E-state index contributed by atoms with van der Waals surface area (Å²) in [6.07, 6.45) is 2.95. The highest BCUT2D eigenvalue weighted by molar-refractivity contribution is 7.11. The molecule has 4 heteroatoms. The summed E-state index contributed by atoms with van der Waals surface area (Å²) in [6.45, 7) is 5.70. The summed E-state index contributed by atoms with van der Waals surface area (Å²) in [5, 5.41) is 4.49. The van der Waals surface area contributed by atoms with Gasteiger partial charge in [-0.15, -0.1) is 11.3 Å². The van der Waals surface area contributed by atoms with Gasteiger partial charge in [0.25, 0.3) is 0 Å². The number of aryl methyl sites for hydroxylation is 1. The lowest BCUT2D eigenvalue weighted by Gasteiger charge is -2.08. The smallest absolute Gasteiger partial charge is 0.121 e. The van der Waals surface area contributed by atoms with Gasteiger partial charge in [0, 0.05) is 22.8 Å². The lowest BCUT2D eigenvalue weighted by molar-refractivity contribution is 0.317. The van der Waals surface area contributed by atoms with Gasteiger partial charge in [0.1, 0.15) is 5.75 Å². The van der Waals surface area contributed by atoms with Crippen LogP contribution in [0.15, 0.2) is 30.5 Å². The number of nitrogens with one attached hydrogen (secondary N) is 1. The normalized spacial score (nSPS) is 10.3. The molecule has 0 aliphatic carbocycles. The van der Waals surface area contributed by atoms with E-state index in [1.165, 1.54) is 4.88 Å². The summed E-state index contributed by atoms with van der Waals surface area (Å²) in [6, 6.07) is 8.07. The molecule has 96 valence electrons. The van der Waals surface area contributed by atoms with Crippen LogP contribution in [0.5, 0.6) is 5.75 Å². The number of hydrogen-bond acceptors (Lipinski definition) is 4. The van der Waals surface area contributed by atoms with Crippen LogP contribution in [0.3, 0.4) is 0 Å². The zero-order valence-electron chi connectivity index (χ0n) is 10.8. The SMILES string of the molecule is CCCOc1cccc(NCc2cnc(C)s2)c1. The first-order chi connectivity index (χ1) is 8.78. The highest BCUT2D eigenvalue weighted by atomic mass is 32.1. The number of rotatable bonds is 6. The molecule has 2 aromatic rings. The van der Waals surface area contributed by atoms with Crippen molar-refractivity contribution in [2.45, 2.75) is 26.8 Å². The second kappa shape index (κ2) is 6.40. The number of thiazole rings is 1. The Morgan fingerprint density at radius 2 is 2.28 bits per heavy atom. The van der Waals surface area contributed by atoms with E-state index < -0.39 is 0 Å². The van der Waals surface area contributed by atoms with Crippen molar-refractivity contribution < 1.29 is 4.74 Å². The fourth-order valence-electron chi connectivity index (χ4n) is 1.59. The monoisotopic (exact) mass is 262 g/mol. The van der Waals surface area contributed by atoms with Crippen LogP contribution in [0.1, 0.15) is 23.2 Å². The number of ether oxygens (including phenoxy) is 1. The fraction of sp³-hybridized carbons (Fsp3) is 0.357. The van der Waals surface area contributed by atoms with E-state index in [2.05, 4.69) is 17.2 Å². The zero-order chi connectivity index (χ0) is 12.8. The van der Waals surface area contributed by atoms with Gasteiger partial charge in [-0.25, -0.2) is 4.98 Å². The van der Waals surface area contributed by atoms with Gasteiger partial charge in [0.05, 0.1) is 18.2 Å². The van der Waals surface area contributed by atoms with Crippen molar-refractivity contribution in [3.8, 4) is 5.75 Å². The van der Waals surface area contributed by atoms with Crippen LogP contribution in [0.4, 0.5) is 5.69 Å². The van der Waals surface area contributed by atoms with E-state index in [1.807, 2.05) is 37.4 Å². The van der Waals surface area contributed by atoms with Gasteiger partial charge in [-0.05, 0) is 25.5 Å². The molecule has 0 radical (unpaired) electrons. The minimum absolute atomic E-state index is 0.761. The van der Waals surface area contributed by atoms with Crippen molar-refractivity contribution in [2.24, 2.45) is 0 Å². The average Bonchev–Trinajstić information content (AvgIpc) is 2.80. The maximum atomic E-state index is 5.60. The maximum Gasteiger partial charge on any atom is 0.121 e. The van der Waals surface area contributed by atoms with Crippen molar-refractivity contribution >= 4 is 17.0 Å². The molecule has 0 saturated heterocycles. The van der Waals surface area contributed by atoms with E-state index in [9.17, 15) is 0 Å². The highest BCUT2D eigenvalue weighted by Crippen LogP contribution is 2.19. The van der Waals surface area contributed by atoms with E-state index >= 15 is 0 Å². The van der Waals surface area contributed by atoms with Crippen LogP contribution >= 0.6 is 11.3 Å². The van der Waals surface area contributed by atoms with E-state index in [-0.39, 0.29) is 0 Å². The summed E-state index contributed by atoms with van der Waals surface area (Å²) < 4.78 is 5.60. The molecule has 0 amide bonds. The molecular weight excluding hydrogens is 244 g/mol. The number of hydrogen-bond donors (Lipinski definition) is 1. The predicted molar refractivity (Wildman–Crippen MR) is 76.4 cm³/mol. The van der Waals surface area contributed by atoms with Crippen LogP contribution in [-0.4, -0.2) is 11.6 Å². The molecule has 1 N–H and O–H groups in total. The molecule has 18 heavy (non-hydrogen) atoms. The first-order valence-electron chi connectivity index (χ1n) is 6.16. The Balaban J connectivity index is 1.92. The topological polar surface area (TPSA) is 34.1 Å². The molecule has 0 aliphatic rings. The number of anilines is 1. The van der Waals surface area contributed by atoms with E-state index in [1.54, 1.807) is 11.3 Å². The van der Waals surface area contributed by atoms with Crippen LogP contribution < -0.4 is 10.1 Å². The molecule has 0 fully saturated rings. The number of benzene rings is 1. The Labute approximate surface area is 112 Å². The van der Waals surface area contributed by atoms with Crippen LogP contribution in [0.25, 0.3) is 0 Å². The molecule has 2 rings (SSSR count). The van der Waals surface area contributed by atoms with Crippen molar-refractivity contribution in [1.29, 1.82) is 0 Å². The minimum atomic E-state index is 0.761. The Hall–Kier alpha value is -1.55. The van der Waals surface area contributed by atoms with Crippen molar-refractivity contribution in [2.75, 3.05) is 11.9 Å². The molecule has 1 aromatic heterocycles. The quantitative estimate of drug-likeness (QED) is 0.858. The third-order valence-electron chi connectivity index (χ3n) is 2.44. The number of nitrogens with zero attached hydrogens (tertiary/aromatic N) is 1. The lowest BCUT2D eigenvalue weighted by Crippen LogP contribution is -1.99. The predicted octanol–water partition coefficient (Wildman–Crippen LogP) is 3.85. The average molecular weight is 262 g/mol. The van der Waals surface area contributed by atoms with Crippen LogP contribution in [0, 0.1) is 6.92 Å². The van der Waals surface area contributed by atoms with Crippen molar-refractivity contribution in [3.05, 3.63) is 40.3 Å². The van der Waals surface area contributed by atoms with Gasteiger partial charge < -0.3 is 10.1 Å². The van der Waals surface area contributed by atoms with Crippen LogP contribution in [-0.2, 0) is 6.54 Å². The number of aromatic nitrogens is 1. The second-order valence-corrected chi connectivity index (χ2v) is 5.39. The molecule has 0 bridgehead atoms. The van der Waals surface area contributed by atoms with E-state index in [4.69, 9.17) is 4.74 Å².